The van der Waals surface area contributed by atoms with E-state index in [1.54, 1.807) is 0 Å². The Bertz CT molecular complexity index is 2480. The zero-order valence-corrected chi connectivity index (χ0v) is 29.8. The van der Waals surface area contributed by atoms with E-state index in [0.29, 0.717) is 0 Å². The molecular weight excluding hydrogens is 661 g/mol. The molecule has 0 fully saturated rings. The van der Waals surface area contributed by atoms with Gasteiger partial charge in [-0.1, -0.05) is 133 Å². The molecule has 8 aromatic rings. The number of rotatable bonds is 6. The third-order valence-electron chi connectivity index (χ3n) is 10.5. The van der Waals surface area contributed by atoms with Gasteiger partial charge in [-0.3, -0.25) is 19.9 Å². The highest BCUT2D eigenvalue weighted by Crippen LogP contribution is 2.57. The summed E-state index contributed by atoms with van der Waals surface area (Å²) in [4.78, 5) is 19.5. The third-order valence-corrected chi connectivity index (χ3v) is 15.6. The summed E-state index contributed by atoms with van der Waals surface area (Å²) in [5.41, 5.74) is 13.1. The van der Waals surface area contributed by atoms with Gasteiger partial charge in [0, 0.05) is 24.8 Å². The van der Waals surface area contributed by atoms with Crippen LogP contribution in [0.15, 0.2) is 195 Å². The molecule has 53 heavy (non-hydrogen) atoms. The molecule has 0 bridgehead atoms. The average Bonchev–Trinajstić information content (AvgIpc) is 3.73. The average molecular weight is 693 g/mol. The Hall–Kier alpha value is -6.82. The Kier molecular flexibility index (Phi) is 7.44. The van der Waals surface area contributed by atoms with E-state index in [0.717, 1.165) is 33.9 Å². The summed E-state index contributed by atoms with van der Waals surface area (Å²) in [7, 11) is -3.09. The van der Waals surface area contributed by atoms with Crippen LogP contribution in [0.2, 0.25) is 0 Å². The lowest BCUT2D eigenvalue weighted by atomic mass is 9.89. The minimum absolute atomic E-state index is 0.850. The molecule has 4 aromatic carbocycles. The zero-order chi connectivity index (χ0) is 35.2. The van der Waals surface area contributed by atoms with Gasteiger partial charge in [-0.25, -0.2) is 0 Å². The number of hydrogen-bond acceptors (Lipinski definition) is 4. The molecule has 6 heterocycles. The van der Waals surface area contributed by atoms with Crippen molar-refractivity contribution in [1.82, 2.24) is 19.9 Å². The summed E-state index contributed by atoms with van der Waals surface area (Å²) in [6.07, 6.45) is 7.80. The molecule has 1 spiro atoms. The summed E-state index contributed by atoms with van der Waals surface area (Å²) in [6, 6.07) is 60.7. The van der Waals surface area contributed by atoms with Crippen LogP contribution < -0.4 is 10.4 Å². The predicted octanol–water partition coefficient (Wildman–Crippen LogP) is 9.46. The Balaban J connectivity index is 1.35. The summed E-state index contributed by atoms with van der Waals surface area (Å²) >= 11 is 0. The molecule has 0 saturated carbocycles. The molecule has 10 rings (SSSR count). The van der Waals surface area contributed by atoms with E-state index >= 15 is 0 Å². The van der Waals surface area contributed by atoms with Crippen molar-refractivity contribution in [2.45, 2.75) is 0 Å². The van der Waals surface area contributed by atoms with Crippen molar-refractivity contribution in [3.8, 4) is 33.9 Å². The summed E-state index contributed by atoms with van der Waals surface area (Å²) in [6.45, 7) is 0. The van der Waals surface area contributed by atoms with Crippen LogP contribution in [0.1, 0.15) is 22.3 Å². The van der Waals surface area contributed by atoms with Crippen LogP contribution in [0.3, 0.4) is 0 Å². The zero-order valence-electron chi connectivity index (χ0n) is 28.8. The Morgan fingerprint density at radius 1 is 0.302 bits per heavy atom. The van der Waals surface area contributed by atoms with Crippen LogP contribution in [-0.4, -0.2) is 28.0 Å². The monoisotopic (exact) mass is 692 g/mol. The third kappa shape index (κ3) is 4.89. The van der Waals surface area contributed by atoms with Crippen molar-refractivity contribution in [3.05, 3.63) is 217 Å². The predicted molar refractivity (Wildman–Crippen MR) is 218 cm³/mol. The van der Waals surface area contributed by atoms with Crippen molar-refractivity contribution >= 4 is 40.0 Å². The van der Waals surface area contributed by atoms with Crippen molar-refractivity contribution in [3.63, 3.8) is 0 Å². The fourth-order valence-corrected chi connectivity index (χ4v) is 14.5. The van der Waals surface area contributed by atoms with Gasteiger partial charge in [0.1, 0.15) is 0 Å². The van der Waals surface area contributed by atoms with Crippen LogP contribution >= 0.6 is 0 Å². The van der Waals surface area contributed by atoms with Gasteiger partial charge in [-0.2, -0.15) is 0 Å². The Labute approximate surface area is 309 Å². The van der Waals surface area contributed by atoms with Gasteiger partial charge in [-0.05, 0) is 102 Å². The Morgan fingerprint density at radius 2 is 0.698 bits per heavy atom. The molecular formula is C48H32N4Si. The summed E-state index contributed by atoms with van der Waals surface area (Å²) in [5, 5.41) is 5.44. The maximum Gasteiger partial charge on any atom is 0.183 e. The minimum Gasteiger partial charge on any atom is -0.255 e. The first-order valence-corrected chi connectivity index (χ1v) is 19.9. The molecule has 0 N–H and O–H groups in total. The van der Waals surface area contributed by atoms with Gasteiger partial charge in [0.2, 0.25) is 0 Å². The molecule has 0 atom stereocenters. The van der Waals surface area contributed by atoms with Crippen LogP contribution in [-0.2, 0) is 0 Å². The fourth-order valence-electron chi connectivity index (χ4n) is 8.45. The lowest BCUT2D eigenvalue weighted by Crippen LogP contribution is -2.57. The topological polar surface area (TPSA) is 51.6 Å². The van der Waals surface area contributed by atoms with E-state index in [1.807, 2.05) is 48.8 Å². The van der Waals surface area contributed by atoms with Gasteiger partial charge in [0.05, 0.1) is 22.8 Å². The first-order chi connectivity index (χ1) is 26.3. The smallest absolute Gasteiger partial charge is 0.183 e. The summed E-state index contributed by atoms with van der Waals surface area (Å²) in [5.74, 6) is 0. The van der Waals surface area contributed by atoms with Gasteiger partial charge in [0.15, 0.2) is 8.07 Å². The number of fused-ring (bicyclic) bond motifs is 5. The highest BCUT2D eigenvalue weighted by atomic mass is 28.3. The van der Waals surface area contributed by atoms with Crippen LogP contribution in [0, 0.1) is 0 Å². The van der Waals surface area contributed by atoms with E-state index in [1.165, 1.54) is 54.2 Å². The quantitative estimate of drug-likeness (QED) is 0.163. The molecule has 4 aromatic heterocycles. The highest BCUT2D eigenvalue weighted by Gasteiger charge is 2.57. The first-order valence-electron chi connectivity index (χ1n) is 17.9. The highest BCUT2D eigenvalue weighted by molar-refractivity contribution is 7.31. The number of benzene rings is 4. The molecule has 0 aliphatic carbocycles. The molecule has 5 heteroatoms. The van der Waals surface area contributed by atoms with Crippen LogP contribution in [0.25, 0.3) is 55.4 Å². The second-order valence-electron chi connectivity index (χ2n) is 13.4. The number of allylic oxidation sites excluding steroid dienone is 2. The van der Waals surface area contributed by atoms with Gasteiger partial charge >= 0.3 is 0 Å². The second-order valence-corrected chi connectivity index (χ2v) is 16.9. The molecule has 248 valence electrons. The number of aromatic nitrogens is 4. The number of nitrogens with zero attached hydrogens (tertiary/aromatic N) is 4. The molecule has 0 radical (unpaired) electrons. The van der Waals surface area contributed by atoms with E-state index < -0.39 is 8.07 Å². The molecule has 2 aliphatic heterocycles. The van der Waals surface area contributed by atoms with Crippen molar-refractivity contribution in [2.24, 2.45) is 0 Å². The SMILES string of the molecule is c1ccc(C2=C(c3ccc(-c4ccccn4)nc3)[Si]3(C(c4ccc(-c5ccccn5)nc4)=C2c2ccccc2)c2ccccc2-c2ccccc23)cc1. The molecule has 0 saturated heterocycles. The number of pyridine rings is 4. The van der Waals surface area contributed by atoms with E-state index in [9.17, 15) is 0 Å². The maximum absolute atomic E-state index is 5.12. The molecule has 4 nitrogen and oxygen atoms in total. The number of hydrogen-bond donors (Lipinski definition) is 0. The van der Waals surface area contributed by atoms with E-state index in [2.05, 4.69) is 156 Å². The van der Waals surface area contributed by atoms with Gasteiger partial charge < -0.3 is 0 Å². The van der Waals surface area contributed by atoms with Crippen molar-refractivity contribution in [1.29, 1.82) is 0 Å². The lowest BCUT2D eigenvalue weighted by molar-refractivity contribution is 1.24. The summed E-state index contributed by atoms with van der Waals surface area (Å²) < 4.78 is 0. The molecule has 0 unspecified atom stereocenters. The van der Waals surface area contributed by atoms with Crippen molar-refractivity contribution < 1.29 is 0 Å². The normalized spacial score (nSPS) is 14.0. The maximum atomic E-state index is 5.12. The van der Waals surface area contributed by atoms with E-state index in [4.69, 9.17) is 9.97 Å². The second kappa shape index (κ2) is 12.7. The van der Waals surface area contributed by atoms with Crippen LogP contribution in [0.5, 0.6) is 0 Å². The minimum atomic E-state index is -3.09. The molecule has 2 aliphatic rings. The molecule has 0 amide bonds. The van der Waals surface area contributed by atoms with Gasteiger partial charge in [-0.15, -0.1) is 0 Å². The lowest BCUT2D eigenvalue weighted by Gasteiger charge is -2.33. The van der Waals surface area contributed by atoms with E-state index in [-0.39, 0.29) is 0 Å². The first kappa shape index (κ1) is 31.0. The Morgan fingerprint density at radius 3 is 1.09 bits per heavy atom. The largest absolute Gasteiger partial charge is 0.255 e. The van der Waals surface area contributed by atoms with Crippen LogP contribution in [0.4, 0.5) is 0 Å². The fraction of sp³-hybridized carbons (Fsp3) is 0. The van der Waals surface area contributed by atoms with Gasteiger partial charge in [0.25, 0.3) is 0 Å². The van der Waals surface area contributed by atoms with Crippen molar-refractivity contribution in [2.75, 3.05) is 0 Å². The standard InChI is InChI=1S/C48H32N4Si/c1-3-15-33(16-4-1)45-46(34-17-5-2-6-18-34)48(36-26-28-42(52-32-36)40-22-12-14-30-50-40)53(43-23-9-7-19-37(43)38-20-8-10-24-44(38)53)47(45)35-25-27-41(51-31-35)39-21-11-13-29-49-39/h1-32H.